The van der Waals surface area contributed by atoms with Crippen LogP contribution in [0.25, 0.3) is 5.69 Å². The Balaban J connectivity index is 1.93. The molecule has 21 heavy (non-hydrogen) atoms. The Labute approximate surface area is 121 Å². The molecule has 4 nitrogen and oxygen atoms in total. The molecule has 0 spiro atoms. The van der Waals surface area contributed by atoms with Crippen molar-refractivity contribution in [2.45, 2.75) is 0 Å². The zero-order valence-electron chi connectivity index (χ0n) is 11.1. The molecular weight excluding hydrogens is 266 g/mol. The molecule has 1 N–H and O–H groups in total. The normalized spacial score (nSPS) is 10.3. The summed E-state index contributed by atoms with van der Waals surface area (Å²) in [4.78, 5) is 11.2. The molecule has 104 valence electrons. The summed E-state index contributed by atoms with van der Waals surface area (Å²) < 4.78 is 7.37. The number of hydrogen-bond donors (Lipinski definition) is 1. The highest BCUT2D eigenvalue weighted by molar-refractivity contribution is 5.86. The monoisotopic (exact) mass is 279 g/mol. The molecule has 2 aromatic carbocycles. The molecule has 4 heteroatoms. The summed E-state index contributed by atoms with van der Waals surface area (Å²) in [7, 11) is 0. The van der Waals surface area contributed by atoms with Crippen molar-refractivity contribution >= 4 is 5.97 Å². The molecular formula is C17H13NO3. The highest BCUT2D eigenvalue weighted by Crippen LogP contribution is 2.24. The highest BCUT2D eigenvalue weighted by Gasteiger charge is 2.10. The van der Waals surface area contributed by atoms with E-state index in [4.69, 9.17) is 9.84 Å². The van der Waals surface area contributed by atoms with E-state index in [-0.39, 0.29) is 5.69 Å². The van der Waals surface area contributed by atoms with Gasteiger partial charge >= 0.3 is 5.97 Å². The maximum absolute atomic E-state index is 11.2. The van der Waals surface area contributed by atoms with E-state index in [0.29, 0.717) is 5.75 Å². The first-order valence-corrected chi connectivity index (χ1v) is 6.48. The van der Waals surface area contributed by atoms with Crippen molar-refractivity contribution in [3.05, 3.63) is 78.6 Å². The van der Waals surface area contributed by atoms with Crippen LogP contribution in [0.2, 0.25) is 0 Å². The predicted octanol–water partition coefficient (Wildman–Crippen LogP) is 3.97. The van der Waals surface area contributed by atoms with Crippen LogP contribution in [0, 0.1) is 0 Å². The molecule has 3 rings (SSSR count). The number of carboxylic acid groups (broad SMARTS) is 1. The molecule has 0 aliphatic carbocycles. The van der Waals surface area contributed by atoms with Gasteiger partial charge in [0.25, 0.3) is 0 Å². The lowest BCUT2D eigenvalue weighted by Gasteiger charge is -2.10. The van der Waals surface area contributed by atoms with Crippen LogP contribution in [0.4, 0.5) is 0 Å². The quantitative estimate of drug-likeness (QED) is 0.786. The number of nitrogens with zero attached hydrogens (tertiary/aromatic N) is 1. The Bertz CT molecular complexity index is 762. The topological polar surface area (TPSA) is 51.5 Å². The number of aromatic carboxylic acids is 1. The summed E-state index contributed by atoms with van der Waals surface area (Å²) in [6.07, 6.45) is 1.71. The predicted molar refractivity (Wildman–Crippen MR) is 79.2 cm³/mol. The summed E-state index contributed by atoms with van der Waals surface area (Å²) in [5.41, 5.74) is 0.956. The fourth-order valence-corrected chi connectivity index (χ4v) is 2.10. The van der Waals surface area contributed by atoms with Crippen molar-refractivity contribution in [1.82, 2.24) is 4.57 Å². The van der Waals surface area contributed by atoms with E-state index in [2.05, 4.69) is 0 Å². The zero-order valence-corrected chi connectivity index (χ0v) is 11.1. The first-order valence-electron chi connectivity index (χ1n) is 6.48. The zero-order chi connectivity index (χ0) is 14.7. The number of ether oxygens (including phenoxy) is 1. The number of benzene rings is 2. The number of carbonyl (C=O) groups is 1. The van der Waals surface area contributed by atoms with E-state index in [0.717, 1.165) is 11.4 Å². The van der Waals surface area contributed by atoms with Gasteiger partial charge in [-0.2, -0.15) is 0 Å². The molecule has 0 amide bonds. The summed E-state index contributed by atoms with van der Waals surface area (Å²) >= 11 is 0. The van der Waals surface area contributed by atoms with Crippen molar-refractivity contribution in [1.29, 1.82) is 0 Å². The lowest BCUT2D eigenvalue weighted by atomic mass is 10.3. The smallest absolute Gasteiger partial charge is 0.352 e. The third-order valence-electron chi connectivity index (χ3n) is 3.04. The lowest BCUT2D eigenvalue weighted by molar-refractivity contribution is 0.0688. The Morgan fingerprint density at radius 3 is 2.43 bits per heavy atom. The van der Waals surface area contributed by atoms with Crippen LogP contribution in [0.3, 0.4) is 0 Å². The average molecular weight is 279 g/mol. The largest absolute Gasteiger partial charge is 0.477 e. The summed E-state index contributed by atoms with van der Waals surface area (Å²) in [6.45, 7) is 0. The number of hydrogen-bond acceptors (Lipinski definition) is 2. The van der Waals surface area contributed by atoms with E-state index in [9.17, 15) is 4.79 Å². The van der Waals surface area contributed by atoms with Crippen molar-refractivity contribution < 1.29 is 14.6 Å². The van der Waals surface area contributed by atoms with Crippen LogP contribution in [-0.4, -0.2) is 15.6 Å². The van der Waals surface area contributed by atoms with Gasteiger partial charge in [0.2, 0.25) is 0 Å². The fourth-order valence-electron chi connectivity index (χ4n) is 2.10. The van der Waals surface area contributed by atoms with Crippen LogP contribution >= 0.6 is 0 Å². The molecule has 1 aromatic heterocycles. The van der Waals surface area contributed by atoms with Gasteiger partial charge in [-0.1, -0.05) is 24.3 Å². The van der Waals surface area contributed by atoms with Gasteiger partial charge in [-0.05, 0) is 36.4 Å². The number of aromatic nitrogens is 1. The second-order valence-corrected chi connectivity index (χ2v) is 4.48. The Morgan fingerprint density at radius 2 is 1.67 bits per heavy atom. The van der Waals surface area contributed by atoms with Gasteiger partial charge in [-0.25, -0.2) is 4.79 Å². The maximum atomic E-state index is 11.2. The average Bonchev–Trinajstić information content (AvgIpc) is 2.98. The number of para-hydroxylation sites is 1. The fraction of sp³-hybridized carbons (Fsp3) is 0. The van der Waals surface area contributed by atoms with Crippen molar-refractivity contribution in [3.63, 3.8) is 0 Å². The minimum atomic E-state index is -0.964. The van der Waals surface area contributed by atoms with Crippen molar-refractivity contribution in [2.75, 3.05) is 0 Å². The molecule has 0 aliphatic heterocycles. The van der Waals surface area contributed by atoms with E-state index in [1.165, 1.54) is 0 Å². The van der Waals surface area contributed by atoms with Crippen LogP contribution in [0.5, 0.6) is 11.5 Å². The summed E-state index contributed by atoms with van der Waals surface area (Å²) in [6, 6.07) is 20.0. The first kappa shape index (κ1) is 13.0. The molecule has 0 unspecified atom stereocenters. The molecule has 0 fully saturated rings. The molecule has 0 aliphatic rings. The molecule has 0 saturated carbocycles. The molecule has 0 saturated heterocycles. The minimum absolute atomic E-state index is 0.215. The van der Waals surface area contributed by atoms with Crippen LogP contribution < -0.4 is 4.74 Å². The van der Waals surface area contributed by atoms with Crippen LogP contribution in [0.15, 0.2) is 72.9 Å². The van der Waals surface area contributed by atoms with Gasteiger partial charge in [-0.3, -0.25) is 0 Å². The standard InChI is InChI=1S/C17H13NO3/c19-17(20)16-10-5-11-18(16)13-6-4-9-15(12-13)21-14-7-2-1-3-8-14/h1-12H,(H,19,20). The van der Waals surface area contributed by atoms with Crippen molar-refractivity contribution in [3.8, 4) is 17.2 Å². The third-order valence-corrected chi connectivity index (χ3v) is 3.04. The number of rotatable bonds is 4. The van der Waals surface area contributed by atoms with Gasteiger partial charge in [0.05, 0.1) is 0 Å². The van der Waals surface area contributed by atoms with Gasteiger partial charge in [-0.15, -0.1) is 0 Å². The molecule has 1 heterocycles. The second-order valence-electron chi connectivity index (χ2n) is 4.48. The SMILES string of the molecule is O=C(O)c1cccn1-c1cccc(Oc2ccccc2)c1. The number of carboxylic acids is 1. The van der Waals surface area contributed by atoms with Gasteiger partial charge in [0.15, 0.2) is 0 Å². The van der Waals surface area contributed by atoms with E-state index < -0.39 is 5.97 Å². The van der Waals surface area contributed by atoms with E-state index in [1.54, 1.807) is 29.0 Å². The molecule has 0 atom stereocenters. The Kier molecular flexibility index (Phi) is 3.43. The highest BCUT2D eigenvalue weighted by atomic mass is 16.5. The van der Waals surface area contributed by atoms with E-state index >= 15 is 0 Å². The molecule has 3 aromatic rings. The van der Waals surface area contributed by atoms with Gasteiger partial charge in [0, 0.05) is 18.0 Å². The summed E-state index contributed by atoms with van der Waals surface area (Å²) in [5.74, 6) is 0.429. The maximum Gasteiger partial charge on any atom is 0.352 e. The third kappa shape index (κ3) is 2.79. The minimum Gasteiger partial charge on any atom is -0.477 e. The summed E-state index contributed by atoms with van der Waals surface area (Å²) in [5, 5.41) is 9.17. The van der Waals surface area contributed by atoms with Crippen LogP contribution in [-0.2, 0) is 0 Å². The van der Waals surface area contributed by atoms with Crippen LogP contribution in [0.1, 0.15) is 10.5 Å². The Morgan fingerprint density at radius 1 is 0.905 bits per heavy atom. The van der Waals surface area contributed by atoms with Gasteiger partial charge < -0.3 is 14.4 Å². The molecule has 0 bridgehead atoms. The van der Waals surface area contributed by atoms with Gasteiger partial charge in [0.1, 0.15) is 17.2 Å². The molecule has 0 radical (unpaired) electrons. The van der Waals surface area contributed by atoms with E-state index in [1.807, 2.05) is 48.5 Å². The first-order chi connectivity index (χ1) is 10.2. The van der Waals surface area contributed by atoms with Crippen molar-refractivity contribution in [2.24, 2.45) is 0 Å². The Hall–Kier alpha value is -3.01. The lowest BCUT2D eigenvalue weighted by Crippen LogP contribution is -2.05. The second kappa shape index (κ2) is 5.54.